The van der Waals surface area contributed by atoms with Gasteiger partial charge < -0.3 is 9.64 Å². The zero-order chi connectivity index (χ0) is 21.0. The molecule has 0 aliphatic carbocycles. The molecule has 1 amide bonds. The molecule has 0 saturated carbocycles. The van der Waals surface area contributed by atoms with Gasteiger partial charge >= 0.3 is 0 Å². The Hall–Kier alpha value is -2.09. The number of piperidine rings is 1. The summed E-state index contributed by atoms with van der Waals surface area (Å²) in [5, 5.41) is 0.500. The van der Waals surface area contributed by atoms with Crippen LogP contribution in [0.1, 0.15) is 28.8 Å². The van der Waals surface area contributed by atoms with Crippen LogP contribution in [0.5, 0.6) is 5.75 Å². The number of methoxy groups -OCH3 is 1. The lowest BCUT2D eigenvalue weighted by Gasteiger charge is -2.33. The molecule has 156 valence electrons. The first kappa shape index (κ1) is 21.6. The number of ether oxygens (including phenoxy) is 1. The Morgan fingerprint density at radius 1 is 1.24 bits per heavy atom. The second kappa shape index (κ2) is 9.15. The van der Waals surface area contributed by atoms with Gasteiger partial charge in [0.1, 0.15) is 5.75 Å². The molecule has 8 heteroatoms. The molecule has 1 aliphatic heterocycles. The molecular weight excluding hydrogens is 412 g/mol. The van der Waals surface area contributed by atoms with Crippen LogP contribution < -0.4 is 9.46 Å². The third-order valence-electron chi connectivity index (χ3n) is 5.09. The van der Waals surface area contributed by atoms with E-state index in [-0.39, 0.29) is 23.3 Å². The van der Waals surface area contributed by atoms with Gasteiger partial charge in [-0.25, -0.2) is 13.1 Å². The number of aryl methyl sites for hydroxylation is 1. The SMILES string of the molecule is COc1cc(Cl)ccc1C(=O)N1CCC[C@H](CNS(=O)(=O)c2ccc(C)cc2)C1. The summed E-state index contributed by atoms with van der Waals surface area (Å²) in [6, 6.07) is 11.7. The van der Waals surface area contributed by atoms with Crippen molar-refractivity contribution < 1.29 is 17.9 Å². The Bertz CT molecular complexity index is 977. The van der Waals surface area contributed by atoms with Crippen molar-refractivity contribution in [3.8, 4) is 5.75 Å². The van der Waals surface area contributed by atoms with E-state index in [9.17, 15) is 13.2 Å². The van der Waals surface area contributed by atoms with Gasteiger partial charge in [-0.15, -0.1) is 0 Å². The zero-order valence-corrected chi connectivity index (χ0v) is 18.1. The fraction of sp³-hybridized carbons (Fsp3) is 0.381. The Labute approximate surface area is 176 Å². The van der Waals surface area contributed by atoms with Crippen molar-refractivity contribution in [2.24, 2.45) is 5.92 Å². The summed E-state index contributed by atoms with van der Waals surface area (Å²) in [6.07, 6.45) is 1.68. The molecule has 1 heterocycles. The number of amides is 1. The summed E-state index contributed by atoms with van der Waals surface area (Å²) in [4.78, 5) is 15.0. The van der Waals surface area contributed by atoms with Crippen LogP contribution in [0.25, 0.3) is 0 Å². The second-order valence-corrected chi connectivity index (χ2v) is 9.47. The maximum absolute atomic E-state index is 13.0. The van der Waals surface area contributed by atoms with Gasteiger partial charge in [0, 0.05) is 24.7 Å². The topological polar surface area (TPSA) is 75.7 Å². The highest BCUT2D eigenvalue weighted by Crippen LogP contribution is 2.26. The molecule has 2 aromatic carbocycles. The maximum Gasteiger partial charge on any atom is 0.257 e. The Morgan fingerprint density at radius 3 is 2.66 bits per heavy atom. The van der Waals surface area contributed by atoms with Gasteiger partial charge in [-0.1, -0.05) is 29.3 Å². The monoisotopic (exact) mass is 436 g/mol. The zero-order valence-electron chi connectivity index (χ0n) is 16.5. The second-order valence-electron chi connectivity index (χ2n) is 7.27. The minimum atomic E-state index is -3.57. The van der Waals surface area contributed by atoms with Gasteiger partial charge in [-0.3, -0.25) is 4.79 Å². The van der Waals surface area contributed by atoms with E-state index in [1.807, 2.05) is 6.92 Å². The molecule has 6 nitrogen and oxygen atoms in total. The average molecular weight is 437 g/mol. The lowest BCUT2D eigenvalue weighted by Crippen LogP contribution is -2.43. The predicted octanol–water partition coefficient (Wildman–Crippen LogP) is 3.49. The van der Waals surface area contributed by atoms with Crippen molar-refractivity contribution in [2.75, 3.05) is 26.7 Å². The molecule has 1 atom stereocenters. The molecule has 3 rings (SSSR count). The van der Waals surface area contributed by atoms with Gasteiger partial charge in [-0.2, -0.15) is 0 Å². The Balaban J connectivity index is 1.65. The van der Waals surface area contributed by atoms with Crippen molar-refractivity contribution in [1.82, 2.24) is 9.62 Å². The molecule has 0 radical (unpaired) electrons. The summed E-state index contributed by atoms with van der Waals surface area (Å²) in [6.45, 7) is 3.32. The van der Waals surface area contributed by atoms with Crippen molar-refractivity contribution in [3.63, 3.8) is 0 Å². The number of nitrogens with zero attached hydrogens (tertiary/aromatic N) is 1. The first-order valence-electron chi connectivity index (χ1n) is 9.49. The standard InChI is InChI=1S/C21H25ClN2O4S/c1-15-5-8-18(9-6-15)29(26,27)23-13-16-4-3-11-24(14-16)21(25)19-10-7-17(22)12-20(19)28-2/h5-10,12,16,23H,3-4,11,13-14H2,1-2H3/t16-/m1/s1. The Kier molecular flexibility index (Phi) is 6.82. The number of hydrogen-bond acceptors (Lipinski definition) is 4. The average Bonchev–Trinajstić information content (AvgIpc) is 2.72. The molecular formula is C21H25ClN2O4S. The minimum Gasteiger partial charge on any atom is -0.496 e. The van der Waals surface area contributed by atoms with Gasteiger partial charge in [0.15, 0.2) is 0 Å². The summed E-state index contributed by atoms with van der Waals surface area (Å²) >= 11 is 5.98. The van der Waals surface area contributed by atoms with Gasteiger partial charge in [0.2, 0.25) is 10.0 Å². The molecule has 0 bridgehead atoms. The number of sulfonamides is 1. The number of nitrogens with one attached hydrogen (secondary N) is 1. The van der Waals surface area contributed by atoms with Crippen molar-refractivity contribution in [1.29, 1.82) is 0 Å². The third-order valence-corrected chi connectivity index (χ3v) is 6.77. The van der Waals surface area contributed by atoms with Gasteiger partial charge in [0.25, 0.3) is 5.91 Å². The van der Waals surface area contributed by atoms with Crippen LogP contribution >= 0.6 is 11.6 Å². The number of carbonyl (C=O) groups is 1. The van der Waals surface area contributed by atoms with Gasteiger partial charge in [0.05, 0.1) is 17.6 Å². The molecule has 29 heavy (non-hydrogen) atoms. The van der Waals surface area contributed by atoms with E-state index in [2.05, 4.69) is 4.72 Å². The van der Waals surface area contributed by atoms with Crippen LogP contribution in [-0.2, 0) is 10.0 Å². The molecule has 0 aromatic heterocycles. The highest BCUT2D eigenvalue weighted by molar-refractivity contribution is 7.89. The third kappa shape index (κ3) is 5.29. The van der Waals surface area contributed by atoms with Crippen LogP contribution in [0.4, 0.5) is 0 Å². The lowest BCUT2D eigenvalue weighted by atomic mass is 9.97. The quantitative estimate of drug-likeness (QED) is 0.752. The fourth-order valence-corrected chi connectivity index (χ4v) is 4.73. The van der Waals surface area contributed by atoms with Crippen molar-refractivity contribution in [3.05, 3.63) is 58.6 Å². The van der Waals surface area contributed by atoms with E-state index < -0.39 is 10.0 Å². The number of likely N-dealkylation sites (tertiary alicyclic amines) is 1. The molecule has 2 aromatic rings. The molecule has 1 fully saturated rings. The normalized spacial score (nSPS) is 17.2. The highest BCUT2D eigenvalue weighted by Gasteiger charge is 2.27. The van der Waals surface area contributed by atoms with Crippen LogP contribution in [0, 0.1) is 12.8 Å². The van der Waals surface area contributed by atoms with E-state index in [1.54, 1.807) is 47.4 Å². The number of hydrogen-bond donors (Lipinski definition) is 1. The summed E-state index contributed by atoms with van der Waals surface area (Å²) in [5.41, 5.74) is 1.46. The number of rotatable bonds is 6. The Morgan fingerprint density at radius 2 is 1.97 bits per heavy atom. The molecule has 1 saturated heterocycles. The molecule has 1 N–H and O–H groups in total. The van der Waals surface area contributed by atoms with E-state index in [0.717, 1.165) is 18.4 Å². The lowest BCUT2D eigenvalue weighted by molar-refractivity contribution is 0.0673. The van der Waals surface area contributed by atoms with Crippen LogP contribution in [0.3, 0.4) is 0 Å². The first-order valence-corrected chi connectivity index (χ1v) is 11.4. The van der Waals surface area contributed by atoms with E-state index in [0.29, 0.717) is 29.4 Å². The molecule has 1 aliphatic rings. The smallest absolute Gasteiger partial charge is 0.257 e. The van der Waals surface area contributed by atoms with E-state index in [1.165, 1.54) is 7.11 Å². The maximum atomic E-state index is 13.0. The fourth-order valence-electron chi connectivity index (χ4n) is 3.46. The minimum absolute atomic E-state index is 0.0474. The van der Waals surface area contributed by atoms with E-state index >= 15 is 0 Å². The first-order chi connectivity index (χ1) is 13.8. The number of benzene rings is 2. The van der Waals surface area contributed by atoms with Crippen LogP contribution in [0.15, 0.2) is 47.4 Å². The summed E-state index contributed by atoms with van der Waals surface area (Å²) < 4.78 is 33.0. The van der Waals surface area contributed by atoms with Crippen LogP contribution in [0.2, 0.25) is 5.02 Å². The van der Waals surface area contributed by atoms with Gasteiger partial charge in [-0.05, 0) is 56.0 Å². The largest absolute Gasteiger partial charge is 0.496 e. The molecule has 0 spiro atoms. The highest BCUT2D eigenvalue weighted by atomic mass is 35.5. The number of carbonyl (C=O) groups excluding carboxylic acids is 1. The molecule has 0 unspecified atom stereocenters. The van der Waals surface area contributed by atoms with Crippen molar-refractivity contribution in [2.45, 2.75) is 24.7 Å². The van der Waals surface area contributed by atoms with E-state index in [4.69, 9.17) is 16.3 Å². The van der Waals surface area contributed by atoms with Crippen molar-refractivity contribution >= 4 is 27.5 Å². The number of halogens is 1. The predicted molar refractivity (Wildman–Crippen MR) is 113 cm³/mol. The summed E-state index contributed by atoms with van der Waals surface area (Å²) in [5.74, 6) is 0.348. The van der Waals surface area contributed by atoms with Crippen LogP contribution in [-0.4, -0.2) is 46.0 Å². The summed E-state index contributed by atoms with van der Waals surface area (Å²) in [7, 11) is -2.07.